The van der Waals surface area contributed by atoms with Crippen molar-refractivity contribution in [2.24, 2.45) is 10.7 Å². The van der Waals surface area contributed by atoms with E-state index in [-0.39, 0.29) is 10.9 Å². The van der Waals surface area contributed by atoms with Gasteiger partial charge < -0.3 is 10.6 Å². The Kier molecular flexibility index (Phi) is 7.02. The van der Waals surface area contributed by atoms with Crippen LogP contribution < -0.4 is 10.5 Å². The maximum Gasteiger partial charge on any atom is 0.240 e. The molecular weight excluding hydrogens is 468 g/mol. The van der Waals surface area contributed by atoms with Crippen molar-refractivity contribution in [3.05, 3.63) is 114 Å². The van der Waals surface area contributed by atoms with Crippen LogP contribution in [0.25, 0.3) is 10.8 Å². The average molecular weight is 499 g/mol. The summed E-state index contributed by atoms with van der Waals surface area (Å²) < 4.78 is 30.0. The molecule has 2 atom stereocenters. The molecule has 1 aliphatic heterocycles. The summed E-state index contributed by atoms with van der Waals surface area (Å²) in [6.45, 7) is 1.02. The molecule has 0 unspecified atom stereocenters. The van der Waals surface area contributed by atoms with Crippen LogP contribution in [0.1, 0.15) is 11.1 Å². The van der Waals surface area contributed by atoms with Crippen molar-refractivity contribution in [2.75, 3.05) is 13.1 Å². The molecule has 4 aromatic carbocycles. The Bertz CT molecular complexity index is 1460. The monoisotopic (exact) mass is 498 g/mol. The van der Waals surface area contributed by atoms with Gasteiger partial charge in [-0.2, -0.15) is 0 Å². The molecule has 7 heteroatoms. The summed E-state index contributed by atoms with van der Waals surface area (Å²) in [5.74, 6) is 0.457. The highest BCUT2D eigenvalue weighted by Crippen LogP contribution is 2.21. The van der Waals surface area contributed by atoms with E-state index in [1.807, 2.05) is 83.8 Å². The molecule has 0 fully saturated rings. The fourth-order valence-corrected chi connectivity index (χ4v) is 6.04. The van der Waals surface area contributed by atoms with E-state index in [9.17, 15) is 8.42 Å². The van der Waals surface area contributed by atoms with Crippen molar-refractivity contribution in [1.82, 2.24) is 9.62 Å². The first-order chi connectivity index (χ1) is 17.5. The van der Waals surface area contributed by atoms with Gasteiger partial charge in [-0.1, -0.05) is 91.0 Å². The van der Waals surface area contributed by atoms with Gasteiger partial charge in [0, 0.05) is 12.6 Å². The van der Waals surface area contributed by atoms with Crippen LogP contribution in [0.4, 0.5) is 0 Å². The first kappa shape index (κ1) is 24.0. The third-order valence-corrected chi connectivity index (χ3v) is 8.13. The molecule has 184 valence electrons. The first-order valence-corrected chi connectivity index (χ1v) is 13.6. The Balaban J connectivity index is 1.40. The summed E-state index contributed by atoms with van der Waals surface area (Å²) in [5.41, 5.74) is 8.56. The molecule has 0 amide bonds. The van der Waals surface area contributed by atoms with Gasteiger partial charge in [0.05, 0.1) is 17.5 Å². The van der Waals surface area contributed by atoms with Crippen molar-refractivity contribution >= 4 is 26.8 Å². The van der Waals surface area contributed by atoms with Gasteiger partial charge >= 0.3 is 0 Å². The van der Waals surface area contributed by atoms with Gasteiger partial charge in [-0.25, -0.2) is 13.1 Å². The van der Waals surface area contributed by atoms with Crippen molar-refractivity contribution < 1.29 is 8.42 Å². The first-order valence-electron chi connectivity index (χ1n) is 12.1. The van der Waals surface area contributed by atoms with Crippen molar-refractivity contribution in [1.29, 1.82) is 0 Å². The molecule has 4 aromatic rings. The minimum atomic E-state index is -3.76. The SMILES string of the molecule is NC1=NC[C@H](Cc2ccccc2)N1C[C@H](Cc1ccccc1)NS(=O)(=O)c1ccc2ccccc2c1. The van der Waals surface area contributed by atoms with Crippen molar-refractivity contribution in [3.8, 4) is 0 Å². The molecule has 0 saturated carbocycles. The quantitative estimate of drug-likeness (QED) is 0.366. The number of aliphatic imine (C=N–C) groups is 1. The number of benzene rings is 4. The molecule has 3 N–H and O–H groups in total. The normalized spacial score (nSPS) is 16.7. The van der Waals surface area contributed by atoms with E-state index in [4.69, 9.17) is 5.73 Å². The highest BCUT2D eigenvalue weighted by molar-refractivity contribution is 7.89. The van der Waals surface area contributed by atoms with Crippen LogP contribution in [0.15, 0.2) is 113 Å². The molecule has 1 aliphatic rings. The summed E-state index contributed by atoms with van der Waals surface area (Å²) in [6.07, 6.45) is 1.33. The van der Waals surface area contributed by atoms with E-state index in [2.05, 4.69) is 21.8 Å². The molecule has 0 aliphatic carbocycles. The van der Waals surface area contributed by atoms with Crippen molar-refractivity contribution in [2.45, 2.75) is 29.8 Å². The number of hydrogen-bond acceptors (Lipinski definition) is 5. The van der Waals surface area contributed by atoms with Gasteiger partial charge in [0.2, 0.25) is 10.0 Å². The highest BCUT2D eigenvalue weighted by Gasteiger charge is 2.30. The number of fused-ring (bicyclic) bond motifs is 1. The van der Waals surface area contributed by atoms with Crippen LogP contribution in [0.3, 0.4) is 0 Å². The van der Waals surface area contributed by atoms with E-state index in [0.29, 0.717) is 25.5 Å². The van der Waals surface area contributed by atoms with E-state index < -0.39 is 16.1 Å². The lowest BCUT2D eigenvalue weighted by atomic mass is 10.0. The number of rotatable bonds is 9. The van der Waals surface area contributed by atoms with Crippen molar-refractivity contribution in [3.63, 3.8) is 0 Å². The summed E-state index contributed by atoms with van der Waals surface area (Å²) in [5, 5.41) is 1.89. The zero-order valence-electron chi connectivity index (χ0n) is 20.0. The standard InChI is InChI=1S/C29H30N4O2S/c30-29-31-20-27(18-23-11-5-2-6-12-23)33(29)21-26(17-22-9-3-1-4-10-22)32-36(34,35)28-16-15-24-13-7-8-14-25(24)19-28/h1-16,19,26-27,32H,17-18,20-21H2,(H2,30,31)/t26-,27-/m0/s1. The lowest BCUT2D eigenvalue weighted by Gasteiger charge is -2.31. The highest BCUT2D eigenvalue weighted by atomic mass is 32.2. The molecule has 0 aromatic heterocycles. The summed E-state index contributed by atoms with van der Waals surface area (Å²) in [4.78, 5) is 6.79. The van der Waals surface area contributed by atoms with Crippen LogP contribution >= 0.6 is 0 Å². The molecule has 0 bridgehead atoms. The van der Waals surface area contributed by atoms with Gasteiger partial charge in [-0.3, -0.25) is 4.99 Å². The Morgan fingerprint density at radius 1 is 0.861 bits per heavy atom. The number of nitrogens with one attached hydrogen (secondary N) is 1. The molecule has 0 radical (unpaired) electrons. The fraction of sp³-hybridized carbons (Fsp3) is 0.207. The van der Waals surface area contributed by atoms with Crippen LogP contribution in [0, 0.1) is 0 Å². The van der Waals surface area contributed by atoms with Crippen LogP contribution in [-0.4, -0.2) is 44.5 Å². The zero-order chi connectivity index (χ0) is 25.0. The maximum absolute atomic E-state index is 13.5. The Labute approximate surface area is 212 Å². The van der Waals surface area contributed by atoms with E-state index >= 15 is 0 Å². The molecule has 5 rings (SSSR count). The minimum Gasteiger partial charge on any atom is -0.370 e. The second-order valence-electron chi connectivity index (χ2n) is 9.21. The van der Waals surface area contributed by atoms with Crippen LogP contribution in [0.5, 0.6) is 0 Å². The molecule has 1 heterocycles. The molecule has 6 nitrogen and oxygen atoms in total. The molecule has 0 saturated heterocycles. The number of hydrogen-bond donors (Lipinski definition) is 2. The van der Waals surface area contributed by atoms with Gasteiger partial charge in [0.15, 0.2) is 5.96 Å². The van der Waals surface area contributed by atoms with E-state index in [1.54, 1.807) is 12.1 Å². The smallest absolute Gasteiger partial charge is 0.240 e. The molecular formula is C29H30N4O2S. The topological polar surface area (TPSA) is 87.8 Å². The lowest BCUT2D eigenvalue weighted by molar-refractivity contribution is 0.307. The summed E-state index contributed by atoms with van der Waals surface area (Å²) in [6, 6.07) is 32.8. The third-order valence-electron chi connectivity index (χ3n) is 6.61. The Hall–Kier alpha value is -3.68. The minimum absolute atomic E-state index is 0.0795. The second kappa shape index (κ2) is 10.5. The molecule has 0 spiro atoms. The van der Waals surface area contributed by atoms with Crippen LogP contribution in [0.2, 0.25) is 0 Å². The largest absolute Gasteiger partial charge is 0.370 e. The van der Waals surface area contributed by atoms with Crippen LogP contribution in [-0.2, 0) is 22.9 Å². The van der Waals surface area contributed by atoms with Gasteiger partial charge in [-0.15, -0.1) is 0 Å². The number of nitrogens with two attached hydrogens (primary N) is 1. The predicted octanol–water partition coefficient (Wildman–Crippen LogP) is 3.97. The van der Waals surface area contributed by atoms with Gasteiger partial charge in [-0.05, 0) is 46.9 Å². The average Bonchev–Trinajstić information content (AvgIpc) is 3.23. The molecule has 36 heavy (non-hydrogen) atoms. The number of guanidine groups is 1. The number of nitrogens with zero attached hydrogens (tertiary/aromatic N) is 2. The fourth-order valence-electron chi connectivity index (χ4n) is 4.78. The Morgan fingerprint density at radius 2 is 1.50 bits per heavy atom. The van der Waals surface area contributed by atoms with Gasteiger partial charge in [0.1, 0.15) is 0 Å². The third kappa shape index (κ3) is 5.58. The predicted molar refractivity (Wildman–Crippen MR) is 145 cm³/mol. The summed E-state index contributed by atoms with van der Waals surface area (Å²) >= 11 is 0. The maximum atomic E-state index is 13.5. The zero-order valence-corrected chi connectivity index (χ0v) is 20.8. The lowest BCUT2D eigenvalue weighted by Crippen LogP contribution is -2.51. The second-order valence-corrected chi connectivity index (χ2v) is 10.9. The van der Waals surface area contributed by atoms with E-state index in [0.717, 1.165) is 22.8 Å². The van der Waals surface area contributed by atoms with Gasteiger partial charge in [0.25, 0.3) is 0 Å². The Morgan fingerprint density at radius 3 is 2.22 bits per heavy atom. The number of sulfonamides is 1. The summed E-state index contributed by atoms with van der Waals surface area (Å²) in [7, 11) is -3.76. The van der Waals surface area contributed by atoms with E-state index in [1.165, 1.54) is 5.56 Å².